The Balaban J connectivity index is 2.20. The molecule has 0 aliphatic carbocycles. The average molecular weight is 352 g/mol. The van der Waals surface area contributed by atoms with E-state index in [2.05, 4.69) is 0 Å². The first kappa shape index (κ1) is 17.3. The molecule has 0 unspecified atom stereocenters. The minimum atomic E-state index is -1.23. The molecule has 1 aromatic carbocycles. The van der Waals surface area contributed by atoms with Crippen LogP contribution in [0.5, 0.6) is 11.5 Å². The van der Waals surface area contributed by atoms with Crippen LogP contribution in [0.4, 0.5) is 0 Å². The lowest BCUT2D eigenvalue weighted by Gasteiger charge is -2.14. The van der Waals surface area contributed by atoms with E-state index in [9.17, 15) is 19.8 Å². The van der Waals surface area contributed by atoms with Gasteiger partial charge >= 0.3 is 0 Å². The van der Waals surface area contributed by atoms with Gasteiger partial charge in [0.15, 0.2) is 11.5 Å². The van der Waals surface area contributed by atoms with Crippen molar-refractivity contribution in [2.24, 2.45) is 0 Å². The maximum Gasteiger partial charge on any atom is 0.266 e. The van der Waals surface area contributed by atoms with Crippen molar-refractivity contribution in [2.75, 3.05) is 13.2 Å². The zero-order chi connectivity index (χ0) is 17.0. The van der Waals surface area contributed by atoms with Gasteiger partial charge in [0, 0.05) is 18.9 Å². The minimum absolute atomic E-state index is 0.00981. The summed E-state index contributed by atoms with van der Waals surface area (Å²) in [6.45, 7) is 2.20. The molecule has 0 bridgehead atoms. The number of phenolic OH excluding ortho intramolecular Hbond substituents is 1. The summed E-state index contributed by atoms with van der Waals surface area (Å²) in [5, 5.41) is 20.2. The summed E-state index contributed by atoms with van der Waals surface area (Å²) in [6, 6.07) is 4.74. The number of benzene rings is 1. The second kappa shape index (κ2) is 7.47. The molecule has 2 rings (SSSR count). The molecule has 0 radical (unpaired) electrons. The molecular formula is C15H14NO5S2-. The van der Waals surface area contributed by atoms with Gasteiger partial charge in [-0.2, -0.15) is 0 Å². The lowest BCUT2D eigenvalue weighted by Crippen LogP contribution is -2.33. The van der Waals surface area contributed by atoms with Gasteiger partial charge < -0.3 is 19.7 Å². The van der Waals surface area contributed by atoms with Crippen molar-refractivity contribution in [3.63, 3.8) is 0 Å². The van der Waals surface area contributed by atoms with E-state index in [1.165, 1.54) is 11.0 Å². The van der Waals surface area contributed by atoms with Crippen LogP contribution in [0, 0.1) is 0 Å². The Morgan fingerprint density at radius 1 is 1.52 bits per heavy atom. The third-order valence-corrected chi connectivity index (χ3v) is 4.37. The van der Waals surface area contributed by atoms with Gasteiger partial charge in [0.05, 0.1) is 11.5 Å². The number of carboxylic acids is 1. The second-order valence-corrected chi connectivity index (χ2v) is 6.29. The molecule has 1 heterocycles. The Bertz CT molecular complexity index is 686. The summed E-state index contributed by atoms with van der Waals surface area (Å²) in [5.74, 6) is -1.23. The predicted molar refractivity (Wildman–Crippen MR) is 88.8 cm³/mol. The maximum absolute atomic E-state index is 12.3. The van der Waals surface area contributed by atoms with Gasteiger partial charge in [0.1, 0.15) is 4.32 Å². The third kappa shape index (κ3) is 4.23. The first-order chi connectivity index (χ1) is 10.9. The Morgan fingerprint density at radius 2 is 2.26 bits per heavy atom. The molecule has 1 fully saturated rings. The molecule has 0 saturated carbocycles. The summed E-state index contributed by atoms with van der Waals surface area (Å²) in [4.78, 5) is 24.4. The molecule has 8 heteroatoms. The van der Waals surface area contributed by atoms with E-state index < -0.39 is 5.97 Å². The van der Waals surface area contributed by atoms with Crippen LogP contribution in [0.15, 0.2) is 23.1 Å². The van der Waals surface area contributed by atoms with E-state index in [-0.39, 0.29) is 24.6 Å². The average Bonchev–Trinajstić information content (AvgIpc) is 2.75. The van der Waals surface area contributed by atoms with E-state index >= 15 is 0 Å². The van der Waals surface area contributed by atoms with Crippen molar-refractivity contribution in [2.45, 2.75) is 13.3 Å². The molecule has 0 atom stereocenters. The topological polar surface area (TPSA) is 89.9 Å². The number of aromatic hydroxyl groups is 1. The monoisotopic (exact) mass is 352 g/mol. The van der Waals surface area contributed by atoms with Crippen LogP contribution >= 0.6 is 24.0 Å². The molecule has 0 spiro atoms. The summed E-state index contributed by atoms with van der Waals surface area (Å²) < 4.78 is 5.61. The molecule has 1 saturated heterocycles. The summed E-state index contributed by atoms with van der Waals surface area (Å²) >= 11 is 6.20. The number of rotatable bonds is 6. The highest BCUT2D eigenvalue weighted by atomic mass is 32.2. The highest BCUT2D eigenvalue weighted by Crippen LogP contribution is 2.34. The Morgan fingerprint density at radius 3 is 2.91 bits per heavy atom. The number of thiocarbonyl (C=S) groups is 1. The number of hydrogen-bond donors (Lipinski definition) is 1. The number of carbonyl (C=O) groups is 2. The van der Waals surface area contributed by atoms with Crippen LogP contribution in [0.2, 0.25) is 0 Å². The van der Waals surface area contributed by atoms with Crippen LogP contribution < -0.4 is 9.84 Å². The number of hydrogen-bond acceptors (Lipinski definition) is 7. The number of amides is 1. The van der Waals surface area contributed by atoms with Gasteiger partial charge in [-0.25, -0.2) is 0 Å². The zero-order valence-corrected chi connectivity index (χ0v) is 13.9. The van der Waals surface area contributed by atoms with Crippen molar-refractivity contribution in [1.82, 2.24) is 4.90 Å². The van der Waals surface area contributed by atoms with Crippen molar-refractivity contribution in [3.05, 3.63) is 28.7 Å². The van der Waals surface area contributed by atoms with Crippen molar-refractivity contribution >= 4 is 46.3 Å². The number of carbonyl (C=O) groups excluding carboxylic acids is 2. The summed E-state index contributed by atoms with van der Waals surface area (Å²) in [7, 11) is 0. The summed E-state index contributed by atoms with van der Waals surface area (Å²) in [6.07, 6.45) is 1.35. The van der Waals surface area contributed by atoms with E-state index in [1.807, 2.05) is 0 Å². The van der Waals surface area contributed by atoms with Crippen LogP contribution in [0.1, 0.15) is 18.9 Å². The molecule has 1 amide bonds. The number of carboxylic acid groups (broad SMARTS) is 1. The smallest absolute Gasteiger partial charge is 0.266 e. The lowest BCUT2D eigenvalue weighted by molar-refractivity contribution is -0.305. The van der Waals surface area contributed by atoms with Crippen LogP contribution in [0.25, 0.3) is 6.08 Å². The van der Waals surface area contributed by atoms with Crippen LogP contribution in [0.3, 0.4) is 0 Å². The summed E-state index contributed by atoms with van der Waals surface area (Å²) in [5.41, 5.74) is 0.673. The van der Waals surface area contributed by atoms with Gasteiger partial charge in [-0.15, -0.1) is 0 Å². The van der Waals surface area contributed by atoms with Gasteiger partial charge in [-0.05, 0) is 30.7 Å². The molecule has 1 aliphatic heterocycles. The standard InChI is InChI=1S/C15H15NO5S2/c1-2-21-11-7-9(3-4-10(11)17)8-12-14(20)16(15(22)23-12)6-5-13(18)19/h3-4,7-8,17H,2,5-6H2,1H3,(H,18,19)/p-1/b12-8-. The molecular weight excluding hydrogens is 338 g/mol. The second-order valence-electron chi connectivity index (χ2n) is 4.62. The number of thioether (sulfide) groups is 1. The Hall–Kier alpha value is -2.06. The van der Waals surface area contributed by atoms with Crippen molar-refractivity contribution < 1.29 is 24.5 Å². The fourth-order valence-corrected chi connectivity index (χ4v) is 3.25. The predicted octanol–water partition coefficient (Wildman–Crippen LogP) is 1.13. The molecule has 0 aromatic heterocycles. The lowest BCUT2D eigenvalue weighted by atomic mass is 10.2. The molecule has 1 N–H and O–H groups in total. The molecule has 1 aliphatic rings. The fourth-order valence-electron chi connectivity index (χ4n) is 1.94. The molecule has 122 valence electrons. The number of phenols is 1. The van der Waals surface area contributed by atoms with Crippen LogP contribution in [-0.4, -0.2) is 39.4 Å². The molecule has 1 aromatic rings. The largest absolute Gasteiger partial charge is 0.550 e. The van der Waals surface area contributed by atoms with Gasteiger partial charge in [-0.1, -0.05) is 30.0 Å². The maximum atomic E-state index is 12.3. The zero-order valence-electron chi connectivity index (χ0n) is 12.3. The van der Waals surface area contributed by atoms with Gasteiger partial charge in [0.2, 0.25) is 0 Å². The quantitative estimate of drug-likeness (QED) is 0.606. The number of ether oxygens (including phenoxy) is 1. The van der Waals surface area contributed by atoms with E-state index in [0.29, 0.717) is 27.1 Å². The fraction of sp³-hybridized carbons (Fsp3) is 0.267. The van der Waals surface area contributed by atoms with Crippen LogP contribution in [-0.2, 0) is 9.59 Å². The van der Waals surface area contributed by atoms with E-state index in [4.69, 9.17) is 17.0 Å². The first-order valence-corrected chi connectivity index (χ1v) is 8.06. The van der Waals surface area contributed by atoms with E-state index in [1.54, 1.807) is 25.1 Å². The molecule has 23 heavy (non-hydrogen) atoms. The van der Waals surface area contributed by atoms with E-state index in [0.717, 1.165) is 11.8 Å². The SMILES string of the molecule is CCOc1cc(/C=C2\SC(=S)N(CCC(=O)[O-])C2=O)ccc1O. The Kier molecular flexibility index (Phi) is 5.62. The third-order valence-electron chi connectivity index (χ3n) is 2.99. The van der Waals surface area contributed by atoms with Gasteiger partial charge in [0.25, 0.3) is 5.91 Å². The number of nitrogens with zero attached hydrogens (tertiary/aromatic N) is 1. The minimum Gasteiger partial charge on any atom is -0.550 e. The highest BCUT2D eigenvalue weighted by molar-refractivity contribution is 8.26. The Labute approximate surface area is 142 Å². The normalized spacial score (nSPS) is 16.2. The first-order valence-electron chi connectivity index (χ1n) is 6.83. The van der Waals surface area contributed by atoms with Crippen molar-refractivity contribution in [3.8, 4) is 11.5 Å². The number of aliphatic carboxylic acids is 1. The molecule has 6 nitrogen and oxygen atoms in total. The highest BCUT2D eigenvalue weighted by Gasteiger charge is 2.31. The van der Waals surface area contributed by atoms with Gasteiger partial charge in [-0.3, -0.25) is 9.69 Å². The van der Waals surface area contributed by atoms with Crippen molar-refractivity contribution in [1.29, 1.82) is 0 Å².